The van der Waals surface area contributed by atoms with Crippen LogP contribution in [0, 0.1) is 16.6 Å². The monoisotopic (exact) mass is 438 g/mol. The fraction of sp³-hybridized carbons (Fsp3) is 0.522. The predicted octanol–water partition coefficient (Wildman–Crippen LogP) is 5.31. The molecule has 2 unspecified atom stereocenters. The molecular weight excluding hydrogens is 406 g/mol. The summed E-state index contributed by atoms with van der Waals surface area (Å²) in [5, 5.41) is 18.2. The minimum atomic E-state index is -2.53. The smallest absolute Gasteiger partial charge is 0.305 e. The van der Waals surface area contributed by atoms with Gasteiger partial charge < -0.3 is 14.7 Å². The van der Waals surface area contributed by atoms with Crippen molar-refractivity contribution in [2.24, 2.45) is 10.8 Å². The van der Waals surface area contributed by atoms with E-state index in [1.807, 2.05) is 6.08 Å². The van der Waals surface area contributed by atoms with Crippen molar-refractivity contribution >= 4 is 19.6 Å². The lowest BCUT2D eigenvalue weighted by molar-refractivity contribution is -0.138. The van der Waals surface area contributed by atoms with E-state index >= 15 is 0 Å². The molecule has 0 fully saturated rings. The SMILES string of the molecule is CC1(C)CC(c2ccc(F)cc2)=C(C=CCO[PH](=O)CC(O)CC(=O)O)C(C)(C)C1. The zero-order valence-electron chi connectivity index (χ0n) is 18.1. The Labute approximate surface area is 178 Å². The molecule has 5 nitrogen and oxygen atoms in total. The molecule has 0 bridgehead atoms. The molecule has 0 aromatic heterocycles. The lowest BCUT2D eigenvalue weighted by Gasteiger charge is -2.43. The van der Waals surface area contributed by atoms with Gasteiger partial charge in [-0.05, 0) is 52.5 Å². The minimum Gasteiger partial charge on any atom is -0.481 e. The number of carboxylic acids is 1. The van der Waals surface area contributed by atoms with Crippen LogP contribution in [-0.2, 0) is 13.9 Å². The largest absolute Gasteiger partial charge is 0.481 e. The Balaban J connectivity index is 2.16. The molecule has 0 saturated heterocycles. The molecule has 1 aromatic carbocycles. The number of benzene rings is 1. The van der Waals surface area contributed by atoms with E-state index in [1.54, 1.807) is 18.2 Å². The van der Waals surface area contributed by atoms with Gasteiger partial charge in [0.2, 0.25) is 0 Å². The van der Waals surface area contributed by atoms with Gasteiger partial charge in [-0.3, -0.25) is 9.36 Å². The second kappa shape index (κ2) is 10.0. The fourth-order valence-corrected chi connectivity index (χ4v) is 5.33. The number of allylic oxidation sites excluding steroid dienone is 3. The van der Waals surface area contributed by atoms with Crippen molar-refractivity contribution < 1.29 is 28.5 Å². The molecule has 7 heteroatoms. The van der Waals surface area contributed by atoms with Crippen LogP contribution >= 0.6 is 8.03 Å². The highest BCUT2D eigenvalue weighted by Gasteiger charge is 2.38. The van der Waals surface area contributed by atoms with Crippen molar-refractivity contribution in [3.8, 4) is 0 Å². The zero-order valence-corrected chi connectivity index (χ0v) is 19.1. The highest BCUT2D eigenvalue weighted by Crippen LogP contribution is 2.52. The second-order valence-corrected chi connectivity index (χ2v) is 10.8. The average Bonchev–Trinajstić information content (AvgIpc) is 2.58. The molecule has 30 heavy (non-hydrogen) atoms. The van der Waals surface area contributed by atoms with Gasteiger partial charge >= 0.3 is 5.97 Å². The Morgan fingerprint density at radius 3 is 2.50 bits per heavy atom. The molecule has 1 aromatic rings. The summed E-state index contributed by atoms with van der Waals surface area (Å²) in [4.78, 5) is 10.6. The Kier molecular flexibility index (Phi) is 8.20. The van der Waals surface area contributed by atoms with Crippen LogP contribution < -0.4 is 0 Å². The number of rotatable bonds is 9. The van der Waals surface area contributed by atoms with Crippen molar-refractivity contribution in [1.29, 1.82) is 0 Å². The molecule has 0 heterocycles. The minimum absolute atomic E-state index is 0.104. The Bertz CT molecular complexity index is 840. The maximum atomic E-state index is 13.4. The van der Waals surface area contributed by atoms with Gasteiger partial charge in [0.1, 0.15) is 5.82 Å². The zero-order chi connectivity index (χ0) is 22.5. The van der Waals surface area contributed by atoms with E-state index in [2.05, 4.69) is 27.7 Å². The lowest BCUT2D eigenvalue weighted by atomic mass is 9.61. The molecule has 1 aliphatic rings. The Morgan fingerprint density at radius 2 is 1.90 bits per heavy atom. The Hall–Kier alpha value is -1.75. The number of hydrogen-bond acceptors (Lipinski definition) is 4. The van der Waals surface area contributed by atoms with Gasteiger partial charge in [0.25, 0.3) is 0 Å². The van der Waals surface area contributed by atoms with Crippen LogP contribution in [0.2, 0.25) is 0 Å². The van der Waals surface area contributed by atoms with Crippen molar-refractivity contribution in [2.75, 3.05) is 12.8 Å². The van der Waals surface area contributed by atoms with Crippen LogP contribution in [0.5, 0.6) is 0 Å². The predicted molar refractivity (Wildman–Crippen MR) is 117 cm³/mol. The van der Waals surface area contributed by atoms with Crippen molar-refractivity contribution in [2.45, 2.75) is 53.1 Å². The highest BCUT2D eigenvalue weighted by molar-refractivity contribution is 7.39. The quantitative estimate of drug-likeness (QED) is 0.511. The number of halogens is 1. The van der Waals surface area contributed by atoms with Crippen LogP contribution in [-0.4, -0.2) is 35.1 Å². The molecule has 0 aliphatic heterocycles. The number of hydrogen-bond donors (Lipinski definition) is 2. The van der Waals surface area contributed by atoms with Gasteiger partial charge in [-0.25, -0.2) is 4.39 Å². The van der Waals surface area contributed by atoms with Gasteiger partial charge in [0.05, 0.1) is 19.1 Å². The normalized spacial score (nSPS) is 20.3. The van der Waals surface area contributed by atoms with E-state index < -0.39 is 26.5 Å². The molecule has 1 aliphatic carbocycles. The summed E-state index contributed by atoms with van der Waals surface area (Å²) in [6.07, 6.45) is 3.83. The molecule has 0 saturated carbocycles. The van der Waals surface area contributed by atoms with E-state index in [1.165, 1.54) is 12.1 Å². The molecule has 0 radical (unpaired) electrons. The van der Waals surface area contributed by atoms with Crippen molar-refractivity contribution in [1.82, 2.24) is 0 Å². The highest BCUT2D eigenvalue weighted by atomic mass is 31.1. The summed E-state index contributed by atoms with van der Waals surface area (Å²) in [6, 6.07) is 6.54. The molecule has 0 spiro atoms. The lowest BCUT2D eigenvalue weighted by Crippen LogP contribution is -2.30. The van der Waals surface area contributed by atoms with Crippen LogP contribution in [0.15, 0.2) is 42.0 Å². The molecule has 2 atom stereocenters. The maximum absolute atomic E-state index is 13.4. The third kappa shape index (κ3) is 7.19. The van der Waals surface area contributed by atoms with Gasteiger partial charge in [0, 0.05) is 6.16 Å². The van der Waals surface area contributed by atoms with E-state index in [9.17, 15) is 18.9 Å². The van der Waals surface area contributed by atoms with Crippen LogP contribution in [0.1, 0.15) is 52.5 Å². The van der Waals surface area contributed by atoms with E-state index in [-0.39, 0.29) is 29.4 Å². The van der Waals surface area contributed by atoms with E-state index in [0.717, 1.165) is 29.6 Å². The van der Waals surface area contributed by atoms with E-state index in [4.69, 9.17) is 9.63 Å². The molecule has 0 amide bonds. The van der Waals surface area contributed by atoms with Crippen molar-refractivity contribution in [3.05, 3.63) is 53.4 Å². The first-order chi connectivity index (χ1) is 13.9. The Morgan fingerprint density at radius 1 is 1.27 bits per heavy atom. The number of aliphatic carboxylic acids is 1. The van der Waals surface area contributed by atoms with Crippen LogP contribution in [0.4, 0.5) is 4.39 Å². The van der Waals surface area contributed by atoms with Crippen molar-refractivity contribution in [3.63, 3.8) is 0 Å². The number of aliphatic hydroxyl groups excluding tert-OH is 1. The standard InChI is InChI=1S/C23H32FO5P/c1-22(2)13-19(16-7-9-17(24)10-8-16)20(23(3,4)15-22)6-5-11-29-30(28)14-18(25)12-21(26)27/h5-10,18,25,30H,11-15H2,1-4H3,(H,26,27). The number of carbonyl (C=O) groups is 1. The summed E-state index contributed by atoms with van der Waals surface area (Å²) in [7, 11) is -2.53. The summed E-state index contributed by atoms with van der Waals surface area (Å²) in [5.74, 6) is -1.41. The summed E-state index contributed by atoms with van der Waals surface area (Å²) < 4.78 is 30.6. The number of carboxylic acid groups (broad SMARTS) is 1. The van der Waals surface area contributed by atoms with Gasteiger partial charge in [-0.2, -0.15) is 0 Å². The first-order valence-corrected chi connectivity index (χ1v) is 11.6. The molecule has 2 N–H and O–H groups in total. The third-order valence-electron chi connectivity index (χ3n) is 5.26. The topological polar surface area (TPSA) is 83.8 Å². The first kappa shape index (κ1) is 24.5. The first-order valence-electron chi connectivity index (χ1n) is 10.1. The van der Waals surface area contributed by atoms with Gasteiger partial charge in [-0.15, -0.1) is 0 Å². The fourth-order valence-electron chi connectivity index (χ4n) is 4.40. The molecular formula is C23H32FO5P. The second-order valence-electron chi connectivity index (χ2n) is 9.34. The maximum Gasteiger partial charge on any atom is 0.305 e. The summed E-state index contributed by atoms with van der Waals surface area (Å²) in [5.41, 5.74) is 3.29. The summed E-state index contributed by atoms with van der Waals surface area (Å²) in [6.45, 7) is 8.94. The average molecular weight is 438 g/mol. The van der Waals surface area contributed by atoms with Crippen LogP contribution in [0.3, 0.4) is 0 Å². The van der Waals surface area contributed by atoms with Gasteiger partial charge in [0.15, 0.2) is 8.03 Å². The van der Waals surface area contributed by atoms with Gasteiger partial charge in [-0.1, -0.05) is 52.0 Å². The summed E-state index contributed by atoms with van der Waals surface area (Å²) >= 11 is 0. The molecule has 166 valence electrons. The van der Waals surface area contributed by atoms with E-state index in [0.29, 0.717) is 0 Å². The number of aliphatic hydroxyl groups is 1. The molecule has 2 rings (SSSR count). The third-order valence-corrected chi connectivity index (χ3v) is 6.55. The van der Waals surface area contributed by atoms with Crippen LogP contribution in [0.25, 0.3) is 5.57 Å².